The summed E-state index contributed by atoms with van der Waals surface area (Å²) in [6, 6.07) is 4.21. The van der Waals surface area contributed by atoms with Gasteiger partial charge in [-0.15, -0.1) is 0 Å². The predicted molar refractivity (Wildman–Crippen MR) is 161 cm³/mol. The first-order valence-electron chi connectivity index (χ1n) is 14.5. The van der Waals surface area contributed by atoms with E-state index in [2.05, 4.69) is 26.6 Å². The third-order valence-corrected chi connectivity index (χ3v) is 6.27. The number of ether oxygens (including phenoxy) is 1. The minimum atomic E-state index is -1.43. The molecule has 6 amide bonds. The average Bonchev–Trinajstić information content (AvgIpc) is 2.96. The van der Waals surface area contributed by atoms with Crippen LogP contribution in [0.15, 0.2) is 30.3 Å². The van der Waals surface area contributed by atoms with E-state index in [0.29, 0.717) is 0 Å². The monoisotopic (exact) mass is 621 g/mol. The summed E-state index contributed by atoms with van der Waals surface area (Å²) in [5.74, 6) is 1.62. The van der Waals surface area contributed by atoms with Crippen LogP contribution in [0.1, 0.15) is 59.9 Å². The fourth-order valence-corrected chi connectivity index (χ4v) is 3.98. The Labute approximate surface area is 257 Å². The fourth-order valence-electron chi connectivity index (χ4n) is 3.98. The first-order chi connectivity index (χ1) is 20.6. The normalized spacial score (nSPS) is 14.3. The molecule has 0 heterocycles. The molecule has 0 radical (unpaired) electrons. The van der Waals surface area contributed by atoms with Crippen molar-refractivity contribution in [1.29, 1.82) is 0 Å². The number of aliphatic hydroxyl groups excluding tert-OH is 1. The molecule has 0 fully saturated rings. The maximum Gasteiger partial charge on any atom is 0.408 e. The fraction of sp³-hybridized carbons (Fsp3) is 0.586. The van der Waals surface area contributed by atoms with Crippen molar-refractivity contribution in [2.45, 2.75) is 91.3 Å². The molecule has 1 aromatic rings. The molecule has 0 unspecified atom stereocenters. The first kappa shape index (κ1) is 37.8. The van der Waals surface area contributed by atoms with Crippen molar-refractivity contribution in [3.63, 3.8) is 0 Å². The van der Waals surface area contributed by atoms with Gasteiger partial charge in [-0.25, -0.2) is 10.6 Å². The van der Waals surface area contributed by atoms with E-state index in [9.17, 15) is 33.9 Å². The van der Waals surface area contributed by atoms with E-state index in [1.807, 2.05) is 39.2 Å². The van der Waals surface area contributed by atoms with Crippen molar-refractivity contribution >= 4 is 35.6 Å². The lowest BCUT2D eigenvalue weighted by molar-refractivity contribution is -0.134. The summed E-state index contributed by atoms with van der Waals surface area (Å²) >= 11 is 0. The molecule has 9 N–H and O–H groups in total. The molecule has 1 aromatic carbocycles. The van der Waals surface area contributed by atoms with Crippen LogP contribution < -0.4 is 37.9 Å². The van der Waals surface area contributed by atoms with E-state index in [-0.39, 0.29) is 37.8 Å². The van der Waals surface area contributed by atoms with E-state index in [1.54, 1.807) is 24.3 Å². The molecule has 246 valence electrons. The molecular formula is C29H47N7O8. The van der Waals surface area contributed by atoms with Crippen molar-refractivity contribution in [1.82, 2.24) is 32.0 Å². The SMILES string of the molecule is CC(C)C[C@H](NC(=O)[C@H](CC(C)C)NC(=O)[C@@H](C)NC(=O)[C@H](NC(=O)OCc1ccccc1)[C@@H](C)O)C(=O)NCC(=O)NN. The molecule has 0 aliphatic carbocycles. The van der Waals surface area contributed by atoms with Gasteiger partial charge in [-0.3, -0.25) is 29.4 Å². The van der Waals surface area contributed by atoms with Gasteiger partial charge in [0.25, 0.3) is 5.91 Å². The Hall–Kier alpha value is -4.24. The summed E-state index contributed by atoms with van der Waals surface area (Å²) in [5, 5.41) is 22.5. The van der Waals surface area contributed by atoms with Crippen molar-refractivity contribution in [3.05, 3.63) is 35.9 Å². The number of carbonyl (C=O) groups excluding carboxylic acids is 6. The van der Waals surface area contributed by atoms with E-state index < -0.39 is 65.9 Å². The molecule has 0 bridgehead atoms. The number of rotatable bonds is 17. The second-order valence-corrected chi connectivity index (χ2v) is 11.3. The number of hydrogen-bond donors (Lipinski definition) is 8. The molecule has 0 aromatic heterocycles. The van der Waals surface area contributed by atoms with Gasteiger partial charge in [-0.2, -0.15) is 0 Å². The van der Waals surface area contributed by atoms with Gasteiger partial charge in [0.15, 0.2) is 0 Å². The number of alkyl carbamates (subject to hydrolysis) is 1. The molecule has 0 aliphatic rings. The van der Waals surface area contributed by atoms with Gasteiger partial charge in [0, 0.05) is 0 Å². The number of nitrogens with two attached hydrogens (primary N) is 1. The van der Waals surface area contributed by atoms with Crippen LogP contribution in [-0.2, 0) is 35.3 Å². The second-order valence-electron chi connectivity index (χ2n) is 11.3. The standard InChI is InChI=1S/C29H47N7O8/c1-16(2)12-21(26(40)31-14-23(38)36-30)34-27(41)22(13-17(3)4)33-25(39)18(5)32-28(42)24(19(6)37)35-29(43)44-15-20-10-8-7-9-11-20/h7-11,16-19,21-22,24,37H,12-15,30H2,1-6H3,(H,31,40)(H,32,42)(H,33,39)(H,34,41)(H,35,43)(H,36,38)/t18-,19-,21+,22+,24-/m1/s1. The summed E-state index contributed by atoms with van der Waals surface area (Å²) in [6.07, 6.45) is -1.79. The van der Waals surface area contributed by atoms with Gasteiger partial charge in [-0.1, -0.05) is 58.0 Å². The second kappa shape index (κ2) is 19.1. The topological polar surface area (TPSA) is 230 Å². The van der Waals surface area contributed by atoms with Gasteiger partial charge in [0.2, 0.25) is 23.6 Å². The summed E-state index contributed by atoms with van der Waals surface area (Å²) in [7, 11) is 0. The van der Waals surface area contributed by atoms with Crippen molar-refractivity contribution in [2.75, 3.05) is 6.54 Å². The highest BCUT2D eigenvalue weighted by Gasteiger charge is 2.32. The summed E-state index contributed by atoms with van der Waals surface area (Å²) in [4.78, 5) is 75.6. The van der Waals surface area contributed by atoms with Crippen LogP contribution in [0.4, 0.5) is 4.79 Å². The summed E-state index contributed by atoms with van der Waals surface area (Å²) in [6.45, 7) is 9.64. The molecule has 0 aliphatic heterocycles. The highest BCUT2D eigenvalue weighted by Crippen LogP contribution is 2.10. The number of hydrazine groups is 1. The zero-order valence-corrected chi connectivity index (χ0v) is 26.1. The Morgan fingerprint density at radius 1 is 0.750 bits per heavy atom. The van der Waals surface area contributed by atoms with E-state index >= 15 is 0 Å². The maximum absolute atomic E-state index is 13.2. The van der Waals surface area contributed by atoms with E-state index in [0.717, 1.165) is 5.56 Å². The van der Waals surface area contributed by atoms with Crippen LogP contribution >= 0.6 is 0 Å². The quantitative estimate of drug-likeness (QED) is 0.0626. The van der Waals surface area contributed by atoms with Gasteiger partial charge >= 0.3 is 6.09 Å². The number of hydrogen-bond acceptors (Lipinski definition) is 9. The molecule has 0 saturated heterocycles. The van der Waals surface area contributed by atoms with Gasteiger partial charge in [0.05, 0.1) is 12.6 Å². The van der Waals surface area contributed by atoms with Crippen molar-refractivity contribution < 1.29 is 38.6 Å². The lowest BCUT2D eigenvalue weighted by Crippen LogP contribution is -2.59. The molecule has 15 nitrogen and oxygen atoms in total. The third kappa shape index (κ3) is 14.3. The highest BCUT2D eigenvalue weighted by atomic mass is 16.5. The minimum absolute atomic E-state index is 0.00820. The van der Waals surface area contributed by atoms with Gasteiger partial charge in [-0.05, 0) is 44.1 Å². The molecule has 0 spiro atoms. The predicted octanol–water partition coefficient (Wildman–Crippen LogP) is -0.665. The lowest BCUT2D eigenvalue weighted by Gasteiger charge is -2.27. The molecule has 0 saturated carbocycles. The summed E-state index contributed by atoms with van der Waals surface area (Å²) in [5.41, 5.74) is 2.62. The number of aliphatic hydroxyl groups is 1. The zero-order valence-electron chi connectivity index (χ0n) is 26.1. The number of carbonyl (C=O) groups is 6. The molecule has 5 atom stereocenters. The Balaban J connectivity index is 2.87. The number of benzene rings is 1. The molecule has 15 heteroatoms. The Bertz CT molecular complexity index is 1110. The molecule has 44 heavy (non-hydrogen) atoms. The Kier molecular flexibility index (Phi) is 16.4. The van der Waals surface area contributed by atoms with Crippen molar-refractivity contribution in [3.8, 4) is 0 Å². The minimum Gasteiger partial charge on any atom is -0.445 e. The Morgan fingerprint density at radius 2 is 1.30 bits per heavy atom. The summed E-state index contributed by atoms with van der Waals surface area (Å²) < 4.78 is 5.11. The van der Waals surface area contributed by atoms with Crippen LogP contribution in [0.2, 0.25) is 0 Å². The average molecular weight is 622 g/mol. The van der Waals surface area contributed by atoms with Crippen molar-refractivity contribution in [2.24, 2.45) is 17.7 Å². The van der Waals surface area contributed by atoms with E-state index in [1.165, 1.54) is 13.8 Å². The Morgan fingerprint density at radius 3 is 1.82 bits per heavy atom. The third-order valence-electron chi connectivity index (χ3n) is 6.27. The van der Waals surface area contributed by atoms with Gasteiger partial charge < -0.3 is 36.4 Å². The lowest BCUT2D eigenvalue weighted by atomic mass is 10.00. The van der Waals surface area contributed by atoms with Crippen LogP contribution in [0.3, 0.4) is 0 Å². The zero-order chi connectivity index (χ0) is 33.4. The largest absolute Gasteiger partial charge is 0.445 e. The first-order valence-corrected chi connectivity index (χ1v) is 14.5. The number of amides is 6. The maximum atomic E-state index is 13.2. The van der Waals surface area contributed by atoms with Crippen LogP contribution in [0.5, 0.6) is 0 Å². The van der Waals surface area contributed by atoms with E-state index in [4.69, 9.17) is 10.6 Å². The van der Waals surface area contributed by atoms with Crippen LogP contribution in [0, 0.1) is 11.8 Å². The highest BCUT2D eigenvalue weighted by molar-refractivity contribution is 5.95. The molecule has 1 rings (SSSR count). The number of nitrogens with one attached hydrogen (secondary N) is 6. The van der Waals surface area contributed by atoms with Gasteiger partial charge in [0.1, 0.15) is 30.8 Å². The smallest absolute Gasteiger partial charge is 0.408 e. The van der Waals surface area contributed by atoms with Crippen LogP contribution in [-0.4, -0.2) is 77.6 Å². The molecular weight excluding hydrogens is 574 g/mol. The van der Waals surface area contributed by atoms with Crippen LogP contribution in [0.25, 0.3) is 0 Å².